The SMILES string of the molecule is C=CCN1C(=O)/C(=C\c2cn(-c3ccccc3)nc2-c2cc(C)ccc2C)SC1=S. The summed E-state index contributed by atoms with van der Waals surface area (Å²) >= 11 is 6.70. The molecule has 0 bridgehead atoms. The number of hydrogen-bond acceptors (Lipinski definition) is 4. The first-order valence-corrected chi connectivity index (χ1v) is 10.8. The smallest absolute Gasteiger partial charge is 0.266 e. The van der Waals surface area contributed by atoms with Gasteiger partial charge in [-0.1, -0.05) is 66.0 Å². The molecule has 0 unspecified atom stereocenters. The van der Waals surface area contributed by atoms with Gasteiger partial charge in [-0.25, -0.2) is 4.68 Å². The zero-order valence-electron chi connectivity index (χ0n) is 16.8. The Bertz CT molecular complexity index is 1180. The Labute approximate surface area is 185 Å². The van der Waals surface area contributed by atoms with E-state index < -0.39 is 0 Å². The maximum absolute atomic E-state index is 12.8. The van der Waals surface area contributed by atoms with Crippen LogP contribution in [0.25, 0.3) is 23.0 Å². The Morgan fingerprint density at radius 2 is 1.93 bits per heavy atom. The van der Waals surface area contributed by atoms with Crippen molar-refractivity contribution in [2.75, 3.05) is 6.54 Å². The average Bonchev–Trinajstić information content (AvgIpc) is 3.27. The van der Waals surface area contributed by atoms with E-state index in [-0.39, 0.29) is 5.91 Å². The third-order valence-corrected chi connectivity index (χ3v) is 6.26. The normalized spacial score (nSPS) is 15.3. The fourth-order valence-corrected chi connectivity index (χ4v) is 4.60. The summed E-state index contributed by atoms with van der Waals surface area (Å²) in [6, 6.07) is 16.3. The van der Waals surface area contributed by atoms with E-state index in [1.54, 1.807) is 11.0 Å². The van der Waals surface area contributed by atoms with Crippen molar-refractivity contribution in [2.45, 2.75) is 13.8 Å². The van der Waals surface area contributed by atoms with Gasteiger partial charge in [0.15, 0.2) is 0 Å². The zero-order valence-corrected chi connectivity index (χ0v) is 18.5. The van der Waals surface area contributed by atoms with Crippen molar-refractivity contribution >= 4 is 40.3 Å². The van der Waals surface area contributed by atoms with E-state index in [1.807, 2.05) is 47.3 Å². The summed E-state index contributed by atoms with van der Waals surface area (Å²) < 4.78 is 2.41. The van der Waals surface area contributed by atoms with Gasteiger partial charge in [0.2, 0.25) is 0 Å². The van der Waals surface area contributed by atoms with Gasteiger partial charge in [0, 0.05) is 23.9 Å². The number of rotatable bonds is 5. The number of amides is 1. The molecule has 30 heavy (non-hydrogen) atoms. The van der Waals surface area contributed by atoms with E-state index >= 15 is 0 Å². The van der Waals surface area contributed by atoms with E-state index in [0.29, 0.717) is 15.8 Å². The van der Waals surface area contributed by atoms with Crippen LogP contribution in [-0.2, 0) is 4.79 Å². The second kappa shape index (κ2) is 8.42. The fourth-order valence-electron chi connectivity index (χ4n) is 3.33. The number of thioether (sulfide) groups is 1. The Morgan fingerprint density at radius 1 is 1.17 bits per heavy atom. The number of benzene rings is 2. The van der Waals surface area contributed by atoms with Gasteiger partial charge < -0.3 is 0 Å². The molecule has 1 amide bonds. The Morgan fingerprint density at radius 3 is 2.67 bits per heavy atom. The molecule has 4 rings (SSSR count). The number of hydrogen-bond donors (Lipinski definition) is 0. The summed E-state index contributed by atoms with van der Waals surface area (Å²) in [5.41, 5.74) is 6.03. The van der Waals surface area contributed by atoms with E-state index in [1.165, 1.54) is 11.8 Å². The molecule has 2 heterocycles. The van der Waals surface area contributed by atoms with Crippen molar-refractivity contribution < 1.29 is 4.79 Å². The number of carbonyl (C=O) groups excluding carboxylic acids is 1. The summed E-state index contributed by atoms with van der Waals surface area (Å²) in [5, 5.41) is 4.88. The van der Waals surface area contributed by atoms with Crippen LogP contribution in [0, 0.1) is 13.8 Å². The first kappa shape index (κ1) is 20.3. The molecule has 3 aromatic rings. The molecule has 0 radical (unpaired) electrons. The number of thiocarbonyl (C=S) groups is 1. The molecule has 150 valence electrons. The van der Waals surface area contributed by atoms with Crippen LogP contribution < -0.4 is 0 Å². The van der Waals surface area contributed by atoms with Crippen molar-refractivity contribution in [2.24, 2.45) is 0 Å². The first-order chi connectivity index (χ1) is 14.5. The van der Waals surface area contributed by atoms with Gasteiger partial charge in [-0.3, -0.25) is 9.69 Å². The largest absolute Gasteiger partial charge is 0.289 e. The number of aromatic nitrogens is 2. The highest BCUT2D eigenvalue weighted by Gasteiger charge is 2.31. The molecule has 0 saturated carbocycles. The van der Waals surface area contributed by atoms with E-state index in [0.717, 1.165) is 33.6 Å². The minimum Gasteiger partial charge on any atom is -0.289 e. The van der Waals surface area contributed by atoms with Gasteiger partial charge in [-0.2, -0.15) is 5.10 Å². The standard InChI is InChI=1S/C24H21N3OS2/c1-4-12-26-23(28)21(30-24(26)29)14-18-15-27(19-8-6-5-7-9-19)25-22(18)20-13-16(2)10-11-17(20)3/h4-11,13-15H,1,12H2,2-3H3/b21-14+. The molecule has 0 aliphatic carbocycles. The summed E-state index contributed by atoms with van der Waals surface area (Å²) in [5.74, 6) is -0.0933. The Kier molecular flexibility index (Phi) is 5.70. The number of aryl methyl sites for hydroxylation is 2. The van der Waals surface area contributed by atoms with Gasteiger partial charge in [0.05, 0.1) is 10.6 Å². The summed E-state index contributed by atoms with van der Waals surface area (Å²) in [6.07, 6.45) is 5.54. The van der Waals surface area contributed by atoms with Crippen molar-refractivity contribution in [3.63, 3.8) is 0 Å². The second-order valence-corrected chi connectivity index (χ2v) is 8.79. The fraction of sp³-hybridized carbons (Fsp3) is 0.125. The van der Waals surface area contributed by atoms with Gasteiger partial charge in [-0.05, 0) is 43.7 Å². The molecule has 6 heteroatoms. The van der Waals surface area contributed by atoms with Crippen molar-refractivity contribution in [1.82, 2.24) is 14.7 Å². The summed E-state index contributed by atoms with van der Waals surface area (Å²) in [4.78, 5) is 15.0. The minimum absolute atomic E-state index is 0.0933. The molecule has 0 spiro atoms. The van der Waals surface area contributed by atoms with Crippen LogP contribution in [0.4, 0.5) is 0 Å². The molecular formula is C24H21N3OS2. The first-order valence-electron chi connectivity index (χ1n) is 9.57. The summed E-state index contributed by atoms with van der Waals surface area (Å²) in [6.45, 7) is 8.27. The highest BCUT2D eigenvalue weighted by molar-refractivity contribution is 8.26. The molecule has 1 aliphatic heterocycles. The lowest BCUT2D eigenvalue weighted by atomic mass is 10.0. The molecule has 0 N–H and O–H groups in total. The molecule has 0 atom stereocenters. The van der Waals surface area contributed by atoms with Gasteiger partial charge in [-0.15, -0.1) is 6.58 Å². The van der Waals surface area contributed by atoms with Crippen LogP contribution in [0.2, 0.25) is 0 Å². The van der Waals surface area contributed by atoms with Gasteiger partial charge >= 0.3 is 0 Å². The van der Waals surface area contributed by atoms with Crippen molar-refractivity contribution in [1.29, 1.82) is 0 Å². The third kappa shape index (κ3) is 3.88. The van der Waals surface area contributed by atoms with Crippen LogP contribution in [-0.4, -0.2) is 31.5 Å². The maximum Gasteiger partial charge on any atom is 0.266 e. The molecule has 1 fully saturated rings. The highest BCUT2D eigenvalue weighted by atomic mass is 32.2. The average molecular weight is 432 g/mol. The topological polar surface area (TPSA) is 38.1 Å². The predicted octanol–water partition coefficient (Wildman–Crippen LogP) is 5.54. The molecule has 1 aromatic heterocycles. The Hall–Kier alpha value is -2.96. The highest BCUT2D eigenvalue weighted by Crippen LogP contribution is 2.35. The number of nitrogens with zero attached hydrogens (tertiary/aromatic N) is 3. The van der Waals surface area contributed by atoms with Crippen LogP contribution in [0.3, 0.4) is 0 Å². The van der Waals surface area contributed by atoms with Crippen LogP contribution in [0.15, 0.2) is 72.3 Å². The molecule has 2 aromatic carbocycles. The number of para-hydroxylation sites is 1. The van der Waals surface area contributed by atoms with E-state index in [9.17, 15) is 4.79 Å². The van der Waals surface area contributed by atoms with Gasteiger partial charge in [0.25, 0.3) is 5.91 Å². The molecule has 1 aliphatic rings. The third-order valence-electron chi connectivity index (χ3n) is 4.88. The lowest BCUT2D eigenvalue weighted by molar-refractivity contribution is -0.121. The lowest BCUT2D eigenvalue weighted by Gasteiger charge is -2.10. The van der Waals surface area contributed by atoms with Crippen LogP contribution in [0.5, 0.6) is 0 Å². The number of carbonyl (C=O) groups is 1. The van der Waals surface area contributed by atoms with Crippen molar-refractivity contribution in [3.8, 4) is 16.9 Å². The van der Waals surface area contributed by atoms with E-state index in [4.69, 9.17) is 17.3 Å². The quantitative estimate of drug-likeness (QED) is 0.302. The predicted molar refractivity (Wildman–Crippen MR) is 129 cm³/mol. The lowest BCUT2D eigenvalue weighted by Crippen LogP contribution is -2.27. The second-order valence-electron chi connectivity index (χ2n) is 7.11. The minimum atomic E-state index is -0.0933. The molecule has 4 nitrogen and oxygen atoms in total. The maximum atomic E-state index is 12.8. The molecular weight excluding hydrogens is 410 g/mol. The molecule has 1 saturated heterocycles. The van der Waals surface area contributed by atoms with E-state index in [2.05, 4.69) is 38.6 Å². The van der Waals surface area contributed by atoms with Gasteiger partial charge in [0.1, 0.15) is 10.0 Å². The van der Waals surface area contributed by atoms with Crippen LogP contribution in [0.1, 0.15) is 16.7 Å². The zero-order chi connectivity index (χ0) is 21.3. The monoisotopic (exact) mass is 431 g/mol. The van der Waals surface area contributed by atoms with Crippen LogP contribution >= 0.6 is 24.0 Å². The van der Waals surface area contributed by atoms with Crippen molar-refractivity contribution in [3.05, 3.63) is 89.0 Å². The summed E-state index contributed by atoms with van der Waals surface area (Å²) in [7, 11) is 0. The Balaban J connectivity index is 1.85.